The van der Waals surface area contributed by atoms with Crippen LogP contribution >= 0.6 is 0 Å². The van der Waals surface area contributed by atoms with Crippen molar-refractivity contribution in [3.63, 3.8) is 0 Å². The molecule has 5 nitrogen and oxygen atoms in total. The number of aryl methyl sites for hydroxylation is 2. The molecule has 2 aromatic carbocycles. The molecule has 0 fully saturated rings. The van der Waals surface area contributed by atoms with Gasteiger partial charge in [-0.1, -0.05) is 48.0 Å². The number of esters is 1. The molecule has 0 bridgehead atoms. The van der Waals surface area contributed by atoms with Crippen molar-refractivity contribution in [2.75, 3.05) is 20.7 Å². The Labute approximate surface area is 148 Å². The molecule has 2 rings (SSSR count). The number of ether oxygens (including phenoxy) is 2. The molecule has 0 heterocycles. The van der Waals surface area contributed by atoms with E-state index in [1.807, 2.05) is 38.1 Å². The molecule has 0 unspecified atom stereocenters. The van der Waals surface area contributed by atoms with E-state index >= 15 is 0 Å². The molecule has 0 saturated heterocycles. The third kappa shape index (κ3) is 5.08. The SMILES string of the molecule is Cc1ccc(OCC(=O)O[C@@H](C(=O)N(C)C)c2ccccc2)c(C)c1. The van der Waals surface area contributed by atoms with E-state index in [0.29, 0.717) is 11.3 Å². The van der Waals surface area contributed by atoms with Crippen LogP contribution in [0.15, 0.2) is 48.5 Å². The van der Waals surface area contributed by atoms with E-state index in [1.54, 1.807) is 38.4 Å². The van der Waals surface area contributed by atoms with Gasteiger partial charge in [-0.25, -0.2) is 4.79 Å². The Hall–Kier alpha value is -2.82. The standard InChI is InChI=1S/C20H23NO4/c1-14-10-11-17(15(2)12-14)24-13-18(22)25-19(20(23)21(3)4)16-8-6-5-7-9-16/h5-12,19H,13H2,1-4H3/t19-/m1/s1. The van der Waals surface area contributed by atoms with Gasteiger partial charge in [0.1, 0.15) is 5.75 Å². The van der Waals surface area contributed by atoms with Crippen LogP contribution in [0.5, 0.6) is 5.75 Å². The lowest BCUT2D eigenvalue weighted by molar-refractivity contribution is -0.161. The van der Waals surface area contributed by atoms with Gasteiger partial charge >= 0.3 is 5.97 Å². The predicted octanol–water partition coefficient (Wildman–Crippen LogP) is 3.05. The Morgan fingerprint density at radius 1 is 1.04 bits per heavy atom. The topological polar surface area (TPSA) is 55.8 Å². The normalized spacial score (nSPS) is 11.5. The van der Waals surface area contributed by atoms with Crippen molar-refractivity contribution in [2.45, 2.75) is 20.0 Å². The minimum atomic E-state index is -0.980. The van der Waals surface area contributed by atoms with Gasteiger partial charge in [-0.3, -0.25) is 4.79 Å². The average molecular weight is 341 g/mol. The van der Waals surface area contributed by atoms with Crippen LogP contribution in [0.2, 0.25) is 0 Å². The Balaban J connectivity index is 2.05. The van der Waals surface area contributed by atoms with Crippen molar-refractivity contribution in [3.05, 3.63) is 65.2 Å². The van der Waals surface area contributed by atoms with Crippen molar-refractivity contribution in [1.82, 2.24) is 4.90 Å². The number of hydrogen-bond acceptors (Lipinski definition) is 4. The molecule has 0 spiro atoms. The first-order chi connectivity index (χ1) is 11.9. The summed E-state index contributed by atoms with van der Waals surface area (Å²) < 4.78 is 10.9. The highest BCUT2D eigenvalue weighted by Crippen LogP contribution is 2.21. The lowest BCUT2D eigenvalue weighted by atomic mass is 10.1. The van der Waals surface area contributed by atoms with E-state index in [9.17, 15) is 9.59 Å². The lowest BCUT2D eigenvalue weighted by Gasteiger charge is -2.21. The molecule has 0 aliphatic rings. The molecule has 0 saturated carbocycles. The van der Waals surface area contributed by atoms with Gasteiger partial charge in [-0.15, -0.1) is 0 Å². The highest BCUT2D eigenvalue weighted by molar-refractivity contribution is 5.85. The van der Waals surface area contributed by atoms with Gasteiger partial charge in [0, 0.05) is 19.7 Å². The third-order valence-electron chi connectivity index (χ3n) is 3.69. The van der Waals surface area contributed by atoms with Gasteiger partial charge < -0.3 is 14.4 Å². The van der Waals surface area contributed by atoms with E-state index in [0.717, 1.165) is 11.1 Å². The fourth-order valence-electron chi connectivity index (χ4n) is 2.39. The first-order valence-corrected chi connectivity index (χ1v) is 8.04. The Kier molecular flexibility index (Phi) is 6.17. The zero-order valence-electron chi connectivity index (χ0n) is 15.0. The van der Waals surface area contributed by atoms with Crippen LogP contribution in [-0.2, 0) is 14.3 Å². The van der Waals surface area contributed by atoms with Gasteiger partial charge in [-0.2, -0.15) is 0 Å². The number of likely N-dealkylation sites (N-methyl/N-ethyl adjacent to an activating group) is 1. The van der Waals surface area contributed by atoms with Crippen molar-refractivity contribution < 1.29 is 19.1 Å². The number of hydrogen-bond donors (Lipinski definition) is 0. The van der Waals surface area contributed by atoms with Crippen LogP contribution in [0.25, 0.3) is 0 Å². The van der Waals surface area contributed by atoms with E-state index in [4.69, 9.17) is 9.47 Å². The van der Waals surface area contributed by atoms with Crippen LogP contribution in [0.3, 0.4) is 0 Å². The highest BCUT2D eigenvalue weighted by atomic mass is 16.6. The summed E-state index contributed by atoms with van der Waals surface area (Å²) >= 11 is 0. The summed E-state index contributed by atoms with van der Waals surface area (Å²) in [5, 5.41) is 0. The summed E-state index contributed by atoms with van der Waals surface area (Å²) in [6.07, 6.45) is -0.980. The van der Waals surface area contributed by atoms with Crippen LogP contribution in [0.1, 0.15) is 22.8 Å². The minimum absolute atomic E-state index is 0.256. The van der Waals surface area contributed by atoms with Crippen molar-refractivity contribution in [1.29, 1.82) is 0 Å². The fraction of sp³-hybridized carbons (Fsp3) is 0.300. The van der Waals surface area contributed by atoms with Crippen molar-refractivity contribution >= 4 is 11.9 Å². The molecule has 0 aromatic heterocycles. The Morgan fingerprint density at radius 2 is 1.72 bits per heavy atom. The summed E-state index contributed by atoms with van der Waals surface area (Å²) in [5.41, 5.74) is 2.69. The van der Waals surface area contributed by atoms with Crippen LogP contribution in [0, 0.1) is 13.8 Å². The first-order valence-electron chi connectivity index (χ1n) is 8.04. The maximum Gasteiger partial charge on any atom is 0.345 e. The maximum absolute atomic E-state index is 12.4. The second-order valence-corrected chi connectivity index (χ2v) is 6.07. The lowest BCUT2D eigenvalue weighted by Crippen LogP contribution is -2.32. The maximum atomic E-state index is 12.4. The summed E-state index contributed by atoms with van der Waals surface area (Å²) in [7, 11) is 3.25. The number of carbonyl (C=O) groups is 2. The van der Waals surface area contributed by atoms with E-state index < -0.39 is 12.1 Å². The summed E-state index contributed by atoms with van der Waals surface area (Å²) in [6.45, 7) is 3.65. The molecule has 0 radical (unpaired) electrons. The molecular weight excluding hydrogens is 318 g/mol. The number of carbonyl (C=O) groups excluding carboxylic acids is 2. The quantitative estimate of drug-likeness (QED) is 0.758. The number of benzene rings is 2. The first kappa shape index (κ1) is 18.5. The largest absolute Gasteiger partial charge is 0.482 e. The Bertz CT molecular complexity index is 741. The van der Waals surface area contributed by atoms with Crippen molar-refractivity contribution in [2.24, 2.45) is 0 Å². The molecule has 132 valence electrons. The van der Waals surface area contributed by atoms with Crippen molar-refractivity contribution in [3.8, 4) is 5.75 Å². The molecule has 2 aromatic rings. The smallest absolute Gasteiger partial charge is 0.345 e. The number of rotatable bonds is 6. The molecule has 0 N–H and O–H groups in total. The van der Waals surface area contributed by atoms with Crippen LogP contribution in [0.4, 0.5) is 0 Å². The highest BCUT2D eigenvalue weighted by Gasteiger charge is 2.26. The number of amides is 1. The summed E-state index contributed by atoms with van der Waals surface area (Å²) in [6, 6.07) is 14.6. The second kappa shape index (κ2) is 8.33. The van der Waals surface area contributed by atoms with Gasteiger partial charge in [0.25, 0.3) is 5.91 Å². The van der Waals surface area contributed by atoms with Gasteiger partial charge in [0.15, 0.2) is 6.61 Å². The molecule has 25 heavy (non-hydrogen) atoms. The second-order valence-electron chi connectivity index (χ2n) is 6.07. The minimum Gasteiger partial charge on any atom is -0.482 e. The van der Waals surface area contributed by atoms with E-state index in [2.05, 4.69) is 0 Å². The molecule has 0 aliphatic carbocycles. The predicted molar refractivity (Wildman–Crippen MR) is 95.4 cm³/mol. The van der Waals surface area contributed by atoms with Gasteiger partial charge in [-0.05, 0) is 25.5 Å². The van der Waals surface area contributed by atoms with Gasteiger partial charge in [0.05, 0.1) is 0 Å². The monoisotopic (exact) mass is 341 g/mol. The molecule has 1 atom stereocenters. The fourth-order valence-corrected chi connectivity index (χ4v) is 2.39. The zero-order chi connectivity index (χ0) is 18.4. The third-order valence-corrected chi connectivity index (χ3v) is 3.69. The number of nitrogens with zero attached hydrogens (tertiary/aromatic N) is 1. The van der Waals surface area contributed by atoms with Crippen LogP contribution in [-0.4, -0.2) is 37.5 Å². The molecular formula is C20H23NO4. The van der Waals surface area contributed by atoms with Crippen LogP contribution < -0.4 is 4.74 Å². The van der Waals surface area contributed by atoms with E-state index in [-0.39, 0.29) is 12.5 Å². The zero-order valence-corrected chi connectivity index (χ0v) is 15.0. The summed E-state index contributed by atoms with van der Waals surface area (Å²) in [4.78, 5) is 25.9. The summed E-state index contributed by atoms with van der Waals surface area (Å²) in [5.74, 6) is -0.271. The van der Waals surface area contributed by atoms with Gasteiger partial charge in [0.2, 0.25) is 6.10 Å². The molecule has 1 amide bonds. The molecule has 5 heteroatoms. The molecule has 0 aliphatic heterocycles. The average Bonchev–Trinajstić information content (AvgIpc) is 2.59. The Morgan fingerprint density at radius 3 is 2.32 bits per heavy atom. The van der Waals surface area contributed by atoms with E-state index in [1.165, 1.54) is 4.90 Å².